The van der Waals surface area contributed by atoms with E-state index in [-0.39, 0.29) is 12.1 Å². The van der Waals surface area contributed by atoms with Crippen molar-refractivity contribution in [3.8, 4) is 0 Å². The summed E-state index contributed by atoms with van der Waals surface area (Å²) in [5.41, 5.74) is 5.62. The molecule has 5 heteroatoms. The number of nitrogens with one attached hydrogen (secondary N) is 1. The summed E-state index contributed by atoms with van der Waals surface area (Å²) in [5, 5.41) is 2.94. The molecule has 2 aliphatic rings. The van der Waals surface area contributed by atoms with Gasteiger partial charge in [0.25, 0.3) is 0 Å². The van der Waals surface area contributed by atoms with E-state index in [2.05, 4.69) is 5.32 Å². The lowest BCUT2D eigenvalue weighted by Crippen LogP contribution is -2.49. The summed E-state index contributed by atoms with van der Waals surface area (Å²) in [6, 6.07) is -0.0923. The standard InChI is InChI=1S/C10H17N3OS/c11-9(15)8(7-3-4-7)12-10(14)13-5-1-2-6-13/h7-8H,1-6H2,(H2,11,15)(H,12,14). The average Bonchev–Trinajstić information content (AvgIpc) is 2.87. The highest BCUT2D eigenvalue weighted by Crippen LogP contribution is 2.32. The zero-order chi connectivity index (χ0) is 10.8. The Morgan fingerprint density at radius 2 is 2.00 bits per heavy atom. The van der Waals surface area contributed by atoms with Crippen LogP contribution < -0.4 is 11.1 Å². The van der Waals surface area contributed by atoms with E-state index in [1.165, 1.54) is 0 Å². The normalized spacial score (nSPS) is 22.5. The monoisotopic (exact) mass is 227 g/mol. The van der Waals surface area contributed by atoms with Gasteiger partial charge in [0.15, 0.2) is 0 Å². The molecule has 2 amide bonds. The molecule has 1 heterocycles. The molecule has 3 N–H and O–H groups in total. The van der Waals surface area contributed by atoms with Gasteiger partial charge in [-0.25, -0.2) is 4.79 Å². The largest absolute Gasteiger partial charge is 0.392 e. The van der Waals surface area contributed by atoms with E-state index in [0.717, 1.165) is 38.8 Å². The first kappa shape index (κ1) is 10.7. The lowest BCUT2D eigenvalue weighted by molar-refractivity contribution is 0.206. The number of nitrogens with zero attached hydrogens (tertiary/aromatic N) is 1. The molecule has 4 nitrogen and oxygen atoms in total. The van der Waals surface area contributed by atoms with Crippen LogP contribution in [-0.2, 0) is 0 Å². The fourth-order valence-electron chi connectivity index (χ4n) is 2.00. The molecule has 1 atom stereocenters. The molecule has 0 radical (unpaired) electrons. The maximum atomic E-state index is 11.8. The maximum Gasteiger partial charge on any atom is 0.317 e. The highest BCUT2D eigenvalue weighted by Gasteiger charge is 2.35. The third-order valence-corrected chi connectivity index (χ3v) is 3.33. The fourth-order valence-corrected chi connectivity index (χ4v) is 2.25. The number of carbonyl (C=O) groups is 1. The first-order valence-corrected chi connectivity index (χ1v) is 5.94. The highest BCUT2D eigenvalue weighted by atomic mass is 32.1. The lowest BCUT2D eigenvalue weighted by Gasteiger charge is -2.22. The molecule has 2 rings (SSSR count). The van der Waals surface area contributed by atoms with Crippen LogP contribution in [0.3, 0.4) is 0 Å². The van der Waals surface area contributed by atoms with Crippen molar-refractivity contribution < 1.29 is 4.79 Å². The van der Waals surface area contributed by atoms with Crippen LogP contribution in [0, 0.1) is 5.92 Å². The zero-order valence-electron chi connectivity index (χ0n) is 8.74. The van der Waals surface area contributed by atoms with Crippen LogP contribution >= 0.6 is 12.2 Å². The number of amides is 2. The Bertz CT molecular complexity index is 272. The minimum absolute atomic E-state index is 0.00259. The van der Waals surface area contributed by atoms with Crippen molar-refractivity contribution in [2.24, 2.45) is 11.7 Å². The molecule has 0 aromatic carbocycles. The second-order valence-electron chi connectivity index (χ2n) is 4.36. The van der Waals surface area contributed by atoms with Crippen LogP contribution in [0.2, 0.25) is 0 Å². The minimum atomic E-state index is -0.0897. The van der Waals surface area contributed by atoms with Gasteiger partial charge in [0.05, 0.1) is 11.0 Å². The van der Waals surface area contributed by atoms with Gasteiger partial charge in [0.2, 0.25) is 0 Å². The first-order valence-electron chi connectivity index (χ1n) is 5.53. The summed E-state index contributed by atoms with van der Waals surface area (Å²) >= 11 is 4.97. The van der Waals surface area contributed by atoms with Crippen molar-refractivity contribution in [1.82, 2.24) is 10.2 Å². The van der Waals surface area contributed by atoms with Gasteiger partial charge in [-0.1, -0.05) is 12.2 Å². The topological polar surface area (TPSA) is 58.4 Å². The van der Waals surface area contributed by atoms with Gasteiger partial charge < -0.3 is 16.0 Å². The van der Waals surface area contributed by atoms with E-state index in [0.29, 0.717) is 10.9 Å². The smallest absolute Gasteiger partial charge is 0.317 e. The number of urea groups is 1. The number of likely N-dealkylation sites (tertiary alicyclic amines) is 1. The predicted molar refractivity (Wildman–Crippen MR) is 62.6 cm³/mol. The number of carbonyl (C=O) groups excluding carboxylic acids is 1. The molecular weight excluding hydrogens is 210 g/mol. The Morgan fingerprint density at radius 3 is 2.47 bits per heavy atom. The fraction of sp³-hybridized carbons (Fsp3) is 0.800. The molecule has 1 saturated carbocycles. The van der Waals surface area contributed by atoms with Crippen molar-refractivity contribution in [2.45, 2.75) is 31.7 Å². The van der Waals surface area contributed by atoms with E-state index in [4.69, 9.17) is 18.0 Å². The Labute approximate surface area is 95.2 Å². The molecule has 15 heavy (non-hydrogen) atoms. The minimum Gasteiger partial charge on any atom is -0.392 e. The second kappa shape index (κ2) is 4.35. The highest BCUT2D eigenvalue weighted by molar-refractivity contribution is 7.80. The summed E-state index contributed by atoms with van der Waals surface area (Å²) in [7, 11) is 0. The van der Waals surface area contributed by atoms with Crippen molar-refractivity contribution in [1.29, 1.82) is 0 Å². The zero-order valence-corrected chi connectivity index (χ0v) is 9.55. The Hall–Kier alpha value is -0.840. The third-order valence-electron chi connectivity index (χ3n) is 3.07. The molecule has 0 spiro atoms. The molecule has 1 aliphatic carbocycles. The summed E-state index contributed by atoms with van der Waals surface area (Å²) in [6.45, 7) is 1.72. The third kappa shape index (κ3) is 2.59. The van der Waals surface area contributed by atoms with E-state index in [1.54, 1.807) is 0 Å². The van der Waals surface area contributed by atoms with Crippen LogP contribution in [0.4, 0.5) is 4.79 Å². The average molecular weight is 227 g/mol. The van der Waals surface area contributed by atoms with Crippen LogP contribution in [0.25, 0.3) is 0 Å². The number of thiocarbonyl (C=S) groups is 1. The van der Waals surface area contributed by atoms with E-state index >= 15 is 0 Å². The summed E-state index contributed by atoms with van der Waals surface area (Å²) in [6.07, 6.45) is 4.47. The van der Waals surface area contributed by atoms with Crippen molar-refractivity contribution in [2.75, 3.05) is 13.1 Å². The number of rotatable bonds is 3. The number of nitrogens with two attached hydrogens (primary N) is 1. The second-order valence-corrected chi connectivity index (χ2v) is 4.83. The van der Waals surface area contributed by atoms with Gasteiger partial charge in [-0.2, -0.15) is 0 Å². The van der Waals surface area contributed by atoms with Gasteiger partial charge in [-0.15, -0.1) is 0 Å². The number of hydrogen-bond donors (Lipinski definition) is 2. The molecule has 1 unspecified atom stereocenters. The van der Waals surface area contributed by atoms with Crippen molar-refractivity contribution in [3.05, 3.63) is 0 Å². The van der Waals surface area contributed by atoms with E-state index in [9.17, 15) is 4.79 Å². The van der Waals surface area contributed by atoms with Crippen molar-refractivity contribution >= 4 is 23.2 Å². The summed E-state index contributed by atoms with van der Waals surface area (Å²) < 4.78 is 0. The molecule has 1 aliphatic heterocycles. The Morgan fingerprint density at radius 1 is 1.40 bits per heavy atom. The molecule has 2 fully saturated rings. The molecular formula is C10H17N3OS. The van der Waals surface area contributed by atoms with Crippen LogP contribution in [0.15, 0.2) is 0 Å². The lowest BCUT2D eigenvalue weighted by atomic mass is 10.2. The quantitative estimate of drug-likeness (QED) is 0.703. The van der Waals surface area contributed by atoms with E-state index < -0.39 is 0 Å². The maximum absolute atomic E-state index is 11.8. The van der Waals surface area contributed by atoms with E-state index in [1.807, 2.05) is 4.90 Å². The Balaban J connectivity index is 1.87. The molecule has 0 aromatic rings. The van der Waals surface area contributed by atoms with Crippen LogP contribution in [0.5, 0.6) is 0 Å². The SMILES string of the molecule is NC(=S)C(NC(=O)N1CCCC1)C1CC1. The number of hydrogen-bond acceptors (Lipinski definition) is 2. The van der Waals surface area contributed by atoms with Crippen molar-refractivity contribution in [3.63, 3.8) is 0 Å². The van der Waals surface area contributed by atoms with Gasteiger partial charge in [0, 0.05) is 13.1 Å². The summed E-state index contributed by atoms with van der Waals surface area (Å²) in [4.78, 5) is 14.1. The molecule has 0 aromatic heterocycles. The molecule has 0 bridgehead atoms. The van der Waals surface area contributed by atoms with Gasteiger partial charge in [-0.3, -0.25) is 0 Å². The predicted octanol–water partition coefficient (Wildman–Crippen LogP) is 0.856. The molecule has 1 saturated heterocycles. The van der Waals surface area contributed by atoms with Gasteiger partial charge >= 0.3 is 6.03 Å². The van der Waals surface area contributed by atoms with Crippen LogP contribution in [0.1, 0.15) is 25.7 Å². The Kier molecular flexibility index (Phi) is 3.09. The molecule has 84 valence electrons. The van der Waals surface area contributed by atoms with Gasteiger partial charge in [-0.05, 0) is 31.6 Å². The van der Waals surface area contributed by atoms with Gasteiger partial charge in [0.1, 0.15) is 0 Å². The summed E-state index contributed by atoms with van der Waals surface area (Å²) in [5.74, 6) is 0.481. The first-order chi connectivity index (χ1) is 7.18. The van der Waals surface area contributed by atoms with Crippen LogP contribution in [-0.4, -0.2) is 35.1 Å².